The van der Waals surface area contributed by atoms with Crippen LogP contribution in [0.3, 0.4) is 0 Å². The normalized spacial score (nSPS) is 20.5. The molecule has 2 N–H and O–H groups in total. The predicted octanol–water partition coefficient (Wildman–Crippen LogP) is 4.56. The number of fused-ring (bicyclic) bond motifs is 1. The first kappa shape index (κ1) is 22.5. The summed E-state index contributed by atoms with van der Waals surface area (Å²) in [6, 6.07) is 11.9. The molecule has 178 valence electrons. The molecule has 3 heterocycles. The molecule has 2 fully saturated rings. The maximum atomic E-state index is 15.1. The number of nitrogen functional groups attached to an aromatic ring is 1. The average molecular weight is 467 g/mol. The van der Waals surface area contributed by atoms with E-state index in [4.69, 9.17) is 10.5 Å². The summed E-state index contributed by atoms with van der Waals surface area (Å²) in [5.74, 6) is -2.54. The molecule has 1 amide bonds. The molecule has 2 aliphatic heterocycles. The number of aryl methyl sites for hydroxylation is 1. The van der Waals surface area contributed by atoms with Crippen LogP contribution in [0.1, 0.15) is 30.0 Å². The van der Waals surface area contributed by atoms with Gasteiger partial charge in [0.1, 0.15) is 11.9 Å². The summed E-state index contributed by atoms with van der Waals surface area (Å²) < 4.78 is 35.7. The van der Waals surface area contributed by atoms with Gasteiger partial charge in [0.15, 0.2) is 0 Å². The molecule has 8 heteroatoms. The molecule has 0 spiro atoms. The number of halogens is 2. The van der Waals surface area contributed by atoms with E-state index in [0.29, 0.717) is 37.5 Å². The number of anilines is 2. The Hall–Kier alpha value is -3.26. The number of ether oxygens (including phenoxy) is 1. The molecule has 34 heavy (non-hydrogen) atoms. The van der Waals surface area contributed by atoms with E-state index >= 15 is 8.78 Å². The van der Waals surface area contributed by atoms with E-state index in [9.17, 15) is 4.79 Å². The van der Waals surface area contributed by atoms with Gasteiger partial charge in [-0.1, -0.05) is 24.3 Å². The maximum absolute atomic E-state index is 15.1. The fraction of sp³-hybridized carbons (Fsp3) is 0.385. The lowest BCUT2D eigenvalue weighted by atomic mass is 9.84. The number of carbonyl (C=O) groups is 1. The topological polar surface area (TPSA) is 71.7 Å². The number of amides is 1. The second-order valence-corrected chi connectivity index (χ2v) is 9.05. The third-order valence-electron chi connectivity index (χ3n) is 6.86. The largest absolute Gasteiger partial charge is 0.382 e. The number of nitrogens with zero attached hydrogens (tertiary/aromatic N) is 3. The summed E-state index contributed by atoms with van der Waals surface area (Å²) in [6.07, 6.45) is 0.599. The number of nitrogens with two attached hydrogens (primary N) is 1. The van der Waals surface area contributed by atoms with Crippen LogP contribution >= 0.6 is 0 Å². The van der Waals surface area contributed by atoms with Gasteiger partial charge in [-0.05, 0) is 53.8 Å². The number of rotatable bonds is 4. The van der Waals surface area contributed by atoms with Gasteiger partial charge >= 0.3 is 0 Å². The van der Waals surface area contributed by atoms with Crippen molar-refractivity contribution < 1.29 is 18.3 Å². The van der Waals surface area contributed by atoms with E-state index in [-0.39, 0.29) is 12.8 Å². The Balaban J connectivity index is 1.64. The van der Waals surface area contributed by atoms with Crippen molar-refractivity contribution in [1.82, 2.24) is 9.88 Å². The molecule has 3 aromatic rings. The number of morpholine rings is 1. The molecule has 0 bridgehead atoms. The van der Waals surface area contributed by atoms with Gasteiger partial charge in [-0.3, -0.25) is 4.79 Å². The van der Waals surface area contributed by atoms with Gasteiger partial charge in [-0.15, -0.1) is 0 Å². The van der Waals surface area contributed by atoms with Crippen LogP contribution in [0.5, 0.6) is 0 Å². The van der Waals surface area contributed by atoms with Crippen LogP contribution in [0.15, 0.2) is 42.5 Å². The third kappa shape index (κ3) is 3.96. The Bertz CT molecular complexity index is 1230. The summed E-state index contributed by atoms with van der Waals surface area (Å²) in [5.41, 5.74) is 10.7. The number of likely N-dealkylation sites (tertiary alicyclic amines) is 1. The summed E-state index contributed by atoms with van der Waals surface area (Å²) in [5, 5.41) is 0.880. The van der Waals surface area contributed by atoms with E-state index in [1.165, 1.54) is 4.90 Å². The molecule has 0 aliphatic carbocycles. The van der Waals surface area contributed by atoms with Crippen molar-refractivity contribution in [1.29, 1.82) is 0 Å². The first-order valence-corrected chi connectivity index (χ1v) is 11.6. The highest BCUT2D eigenvalue weighted by Gasteiger charge is 2.47. The first-order valence-electron chi connectivity index (χ1n) is 11.6. The Kier molecular flexibility index (Phi) is 5.85. The van der Waals surface area contributed by atoms with E-state index in [1.54, 1.807) is 12.1 Å². The first-order chi connectivity index (χ1) is 16.4. The number of benzene rings is 2. The lowest BCUT2D eigenvalue weighted by molar-refractivity contribution is -0.143. The van der Waals surface area contributed by atoms with Crippen molar-refractivity contribution in [2.45, 2.75) is 31.7 Å². The number of carbonyl (C=O) groups excluding carboxylic acids is 1. The number of pyridine rings is 1. The Morgan fingerprint density at radius 1 is 1.15 bits per heavy atom. The van der Waals surface area contributed by atoms with Gasteiger partial charge in [0.2, 0.25) is 6.41 Å². The number of aromatic nitrogens is 1. The molecular formula is C26H28F2N4O2. The number of alkyl halides is 2. The predicted molar refractivity (Wildman–Crippen MR) is 129 cm³/mol. The van der Waals surface area contributed by atoms with Crippen LogP contribution in [0.2, 0.25) is 0 Å². The van der Waals surface area contributed by atoms with Gasteiger partial charge < -0.3 is 20.3 Å². The summed E-state index contributed by atoms with van der Waals surface area (Å²) in [6.45, 7) is 4.96. The molecule has 5 rings (SSSR count). The minimum Gasteiger partial charge on any atom is -0.382 e. The molecule has 2 aromatic carbocycles. The lowest BCUT2D eigenvalue weighted by Gasteiger charge is -2.40. The Morgan fingerprint density at radius 2 is 1.94 bits per heavy atom. The minimum absolute atomic E-state index is 0.237. The number of piperidine rings is 1. The zero-order chi connectivity index (χ0) is 23.9. The smallest absolute Gasteiger partial charge is 0.272 e. The molecular weight excluding hydrogens is 438 g/mol. The molecule has 6 nitrogen and oxygen atoms in total. The summed E-state index contributed by atoms with van der Waals surface area (Å²) in [7, 11) is 0. The van der Waals surface area contributed by atoms with Gasteiger partial charge in [0.25, 0.3) is 5.92 Å². The van der Waals surface area contributed by atoms with Gasteiger partial charge in [0, 0.05) is 31.4 Å². The van der Waals surface area contributed by atoms with Crippen molar-refractivity contribution in [3.63, 3.8) is 0 Å². The van der Waals surface area contributed by atoms with Gasteiger partial charge in [-0.2, -0.15) is 0 Å². The lowest BCUT2D eigenvalue weighted by Crippen LogP contribution is -2.45. The monoisotopic (exact) mass is 466 g/mol. The SMILES string of the molecule is Cc1cccc(C2N(C=O)CCCC2(F)F)c1-c1ccc2nc(N)c(N3CCOCC3)cc2c1. The minimum atomic E-state index is -3.00. The highest BCUT2D eigenvalue weighted by atomic mass is 19.3. The van der Waals surface area contributed by atoms with E-state index in [1.807, 2.05) is 37.3 Å². The van der Waals surface area contributed by atoms with Crippen LogP contribution in [0.4, 0.5) is 20.3 Å². The Labute approximate surface area is 197 Å². The molecule has 1 atom stereocenters. The van der Waals surface area contributed by atoms with Crippen LogP contribution in [0, 0.1) is 6.92 Å². The van der Waals surface area contributed by atoms with Gasteiger partial charge in [0.05, 0.1) is 24.4 Å². The van der Waals surface area contributed by atoms with E-state index < -0.39 is 12.0 Å². The van der Waals surface area contributed by atoms with Crippen LogP contribution in [0.25, 0.3) is 22.0 Å². The Morgan fingerprint density at radius 3 is 2.71 bits per heavy atom. The maximum Gasteiger partial charge on any atom is 0.272 e. The number of hydrogen-bond acceptors (Lipinski definition) is 5. The second kappa shape index (κ2) is 8.83. The van der Waals surface area contributed by atoms with Crippen molar-refractivity contribution in [3.05, 3.63) is 53.6 Å². The van der Waals surface area contributed by atoms with E-state index in [2.05, 4.69) is 9.88 Å². The zero-order valence-corrected chi connectivity index (χ0v) is 19.1. The van der Waals surface area contributed by atoms with E-state index in [0.717, 1.165) is 46.4 Å². The van der Waals surface area contributed by atoms with Crippen LogP contribution in [-0.4, -0.2) is 55.1 Å². The quantitative estimate of drug-likeness (QED) is 0.571. The fourth-order valence-corrected chi connectivity index (χ4v) is 5.23. The highest BCUT2D eigenvalue weighted by molar-refractivity contribution is 5.91. The van der Waals surface area contributed by atoms with Crippen molar-refractivity contribution in [2.75, 3.05) is 43.5 Å². The second-order valence-electron chi connectivity index (χ2n) is 9.05. The highest BCUT2D eigenvalue weighted by Crippen LogP contribution is 2.46. The average Bonchev–Trinajstić information content (AvgIpc) is 2.83. The number of hydrogen-bond donors (Lipinski definition) is 1. The molecule has 2 aliphatic rings. The van der Waals surface area contributed by atoms with Crippen molar-refractivity contribution >= 4 is 28.8 Å². The molecule has 0 radical (unpaired) electrons. The van der Waals surface area contributed by atoms with Gasteiger partial charge in [-0.25, -0.2) is 13.8 Å². The molecule has 1 aromatic heterocycles. The summed E-state index contributed by atoms with van der Waals surface area (Å²) >= 11 is 0. The fourth-order valence-electron chi connectivity index (χ4n) is 5.23. The standard InChI is InChI=1S/C26H28F2N4O2/c1-17-4-2-5-20(24-26(27,28)8-3-9-32(24)16-33)23(17)18-6-7-21-19(14-18)15-22(25(29)30-21)31-10-12-34-13-11-31/h2,4-7,14-16,24H,3,8-13H2,1H3,(H2,29,30). The van der Waals surface area contributed by atoms with Crippen molar-refractivity contribution in [3.8, 4) is 11.1 Å². The van der Waals surface area contributed by atoms with Crippen LogP contribution < -0.4 is 10.6 Å². The zero-order valence-electron chi connectivity index (χ0n) is 19.1. The molecule has 2 saturated heterocycles. The summed E-state index contributed by atoms with van der Waals surface area (Å²) in [4.78, 5) is 19.7. The third-order valence-corrected chi connectivity index (χ3v) is 6.86. The molecule has 1 unspecified atom stereocenters. The van der Waals surface area contributed by atoms with Crippen LogP contribution in [-0.2, 0) is 9.53 Å². The van der Waals surface area contributed by atoms with Crippen molar-refractivity contribution in [2.24, 2.45) is 0 Å². The molecule has 0 saturated carbocycles.